The lowest BCUT2D eigenvalue weighted by Gasteiger charge is -2.25. The van der Waals surface area contributed by atoms with E-state index in [1.807, 2.05) is 49.5 Å². The Morgan fingerprint density at radius 1 is 1.31 bits per heavy atom. The van der Waals surface area contributed by atoms with Gasteiger partial charge in [0.25, 0.3) is 0 Å². The number of rotatable bonds is 2. The van der Waals surface area contributed by atoms with E-state index in [-0.39, 0.29) is 6.17 Å². The first-order valence-corrected chi connectivity index (χ1v) is 8.36. The summed E-state index contributed by atoms with van der Waals surface area (Å²) in [6.45, 7) is 0. The van der Waals surface area contributed by atoms with Gasteiger partial charge in [0.1, 0.15) is 18.6 Å². The summed E-state index contributed by atoms with van der Waals surface area (Å²) in [5, 5.41) is 14.1. The highest BCUT2D eigenvalue weighted by Crippen LogP contribution is 2.30. The van der Waals surface area contributed by atoms with E-state index >= 15 is 0 Å². The third-order valence-electron chi connectivity index (χ3n) is 4.72. The summed E-state index contributed by atoms with van der Waals surface area (Å²) >= 11 is 0. The highest BCUT2D eigenvalue weighted by molar-refractivity contribution is 5.90. The summed E-state index contributed by atoms with van der Waals surface area (Å²) in [5.41, 5.74) is 10.8. The van der Waals surface area contributed by atoms with Crippen LogP contribution in [-0.4, -0.2) is 28.1 Å². The van der Waals surface area contributed by atoms with Gasteiger partial charge < -0.3 is 16.0 Å². The molecule has 1 aliphatic carbocycles. The zero-order chi connectivity index (χ0) is 18.1. The summed E-state index contributed by atoms with van der Waals surface area (Å²) in [6.07, 6.45) is 10.1. The topological polar surface area (TPSA) is 90.9 Å². The molecule has 128 valence electrons. The molecule has 1 unspecified atom stereocenters. The smallest absolute Gasteiger partial charge is 0.137 e. The van der Waals surface area contributed by atoms with Crippen LogP contribution < -0.4 is 11.1 Å². The Kier molecular flexibility index (Phi) is 3.90. The van der Waals surface area contributed by atoms with Crippen LogP contribution in [0.4, 0.5) is 0 Å². The number of hydrogen-bond donors (Lipinski definition) is 2. The number of hydrogen-bond acceptors (Lipinski definition) is 6. The average Bonchev–Trinajstić information content (AvgIpc) is 2.85. The Bertz CT molecular complexity index is 1030. The monoisotopic (exact) mass is 342 g/mol. The van der Waals surface area contributed by atoms with Crippen LogP contribution in [0.2, 0.25) is 0 Å². The van der Waals surface area contributed by atoms with Gasteiger partial charge in [0.05, 0.1) is 28.2 Å². The van der Waals surface area contributed by atoms with Crippen LogP contribution in [-0.2, 0) is 0 Å². The maximum atomic E-state index is 9.85. The fourth-order valence-electron chi connectivity index (χ4n) is 3.36. The van der Waals surface area contributed by atoms with Crippen LogP contribution >= 0.6 is 0 Å². The van der Waals surface area contributed by atoms with Crippen molar-refractivity contribution >= 4 is 16.6 Å². The number of benzene rings is 1. The number of aromatic nitrogens is 2. The molecular weight excluding hydrogens is 324 g/mol. The van der Waals surface area contributed by atoms with Gasteiger partial charge in [0.15, 0.2) is 0 Å². The van der Waals surface area contributed by atoms with Gasteiger partial charge in [-0.15, -0.1) is 0 Å². The first-order valence-electron chi connectivity index (χ1n) is 8.36. The number of fused-ring (bicyclic) bond motifs is 1. The van der Waals surface area contributed by atoms with Gasteiger partial charge in [0, 0.05) is 24.6 Å². The summed E-state index contributed by atoms with van der Waals surface area (Å²) < 4.78 is 0. The van der Waals surface area contributed by atoms with Gasteiger partial charge >= 0.3 is 0 Å². The lowest BCUT2D eigenvalue weighted by Crippen LogP contribution is -2.37. The summed E-state index contributed by atoms with van der Waals surface area (Å²) in [5.74, 6) is 0. The van der Waals surface area contributed by atoms with E-state index in [4.69, 9.17) is 5.73 Å². The summed E-state index contributed by atoms with van der Waals surface area (Å²) in [6, 6.07) is 9.93. The van der Waals surface area contributed by atoms with Crippen molar-refractivity contribution in [2.45, 2.75) is 12.6 Å². The van der Waals surface area contributed by atoms with Crippen LogP contribution in [0.3, 0.4) is 0 Å². The van der Waals surface area contributed by atoms with Crippen LogP contribution in [0, 0.1) is 11.3 Å². The van der Waals surface area contributed by atoms with Gasteiger partial charge in [-0.3, -0.25) is 0 Å². The minimum atomic E-state index is -0.324. The number of nitrogens with two attached hydrogens (primary N) is 1. The van der Waals surface area contributed by atoms with Crippen molar-refractivity contribution in [3.05, 3.63) is 77.6 Å². The predicted molar refractivity (Wildman–Crippen MR) is 101 cm³/mol. The highest BCUT2D eigenvalue weighted by atomic mass is 15.3. The lowest BCUT2D eigenvalue weighted by atomic mass is 10.1. The number of para-hydroxylation sites is 1. The van der Waals surface area contributed by atoms with Gasteiger partial charge in [-0.25, -0.2) is 9.97 Å². The molecule has 26 heavy (non-hydrogen) atoms. The third-order valence-corrected chi connectivity index (χ3v) is 4.72. The van der Waals surface area contributed by atoms with Crippen molar-refractivity contribution in [2.75, 3.05) is 7.05 Å². The predicted octanol–water partition coefficient (Wildman–Crippen LogP) is 2.41. The number of nitrogens with zero attached hydrogens (tertiary/aromatic N) is 4. The first kappa shape index (κ1) is 15.9. The zero-order valence-electron chi connectivity index (χ0n) is 14.3. The summed E-state index contributed by atoms with van der Waals surface area (Å²) in [4.78, 5) is 10.7. The third kappa shape index (κ3) is 2.50. The maximum Gasteiger partial charge on any atom is 0.137 e. The molecule has 6 nitrogen and oxygen atoms in total. The van der Waals surface area contributed by atoms with E-state index in [0.717, 1.165) is 28.7 Å². The lowest BCUT2D eigenvalue weighted by molar-refractivity contribution is 0.351. The van der Waals surface area contributed by atoms with Crippen LogP contribution in [0.15, 0.2) is 71.9 Å². The molecule has 0 amide bonds. The molecule has 0 spiro atoms. The zero-order valence-corrected chi connectivity index (χ0v) is 14.3. The molecule has 0 saturated heterocycles. The molecule has 2 heterocycles. The molecule has 2 aromatic rings. The van der Waals surface area contributed by atoms with E-state index < -0.39 is 0 Å². The SMILES string of the molecule is CN1C2=C(C=CC=CC2)NC1/C(C#N)=C(\N)c1ncnc2ccccc12. The van der Waals surface area contributed by atoms with E-state index in [1.165, 1.54) is 6.33 Å². The second-order valence-electron chi connectivity index (χ2n) is 6.19. The van der Waals surface area contributed by atoms with Crippen molar-refractivity contribution in [3.63, 3.8) is 0 Å². The van der Waals surface area contributed by atoms with Crippen molar-refractivity contribution in [2.24, 2.45) is 5.73 Å². The summed E-state index contributed by atoms with van der Waals surface area (Å²) in [7, 11) is 1.97. The Balaban J connectivity index is 1.79. The standard InChI is InChI=1S/C20H18N6/c1-26-17-10-4-2-3-9-16(17)25-20(26)14(11-21)18(22)19-13-7-5-6-8-15(13)23-12-24-19/h2-9,12,20,25H,10,22H2,1H3/b18-14-. The molecule has 1 atom stereocenters. The number of allylic oxidation sites excluding steroid dienone is 4. The molecule has 1 aromatic heterocycles. The van der Waals surface area contributed by atoms with E-state index in [0.29, 0.717) is 17.0 Å². The Morgan fingerprint density at radius 2 is 2.15 bits per heavy atom. The molecule has 2 aliphatic rings. The molecule has 6 heteroatoms. The normalized spacial score (nSPS) is 19.7. The Morgan fingerprint density at radius 3 is 3.00 bits per heavy atom. The van der Waals surface area contributed by atoms with Crippen molar-refractivity contribution in [1.29, 1.82) is 5.26 Å². The molecule has 0 fully saturated rings. The maximum absolute atomic E-state index is 9.85. The fourth-order valence-corrected chi connectivity index (χ4v) is 3.36. The molecule has 1 aromatic carbocycles. The first-order chi connectivity index (χ1) is 12.7. The van der Waals surface area contributed by atoms with Crippen LogP contribution in [0.1, 0.15) is 12.1 Å². The van der Waals surface area contributed by atoms with Crippen LogP contribution in [0.25, 0.3) is 16.6 Å². The van der Waals surface area contributed by atoms with Crippen molar-refractivity contribution < 1.29 is 0 Å². The minimum absolute atomic E-state index is 0.324. The van der Waals surface area contributed by atoms with Gasteiger partial charge in [-0.05, 0) is 12.1 Å². The largest absolute Gasteiger partial charge is 0.396 e. The van der Waals surface area contributed by atoms with Crippen molar-refractivity contribution in [1.82, 2.24) is 20.2 Å². The minimum Gasteiger partial charge on any atom is -0.396 e. The Labute approximate surface area is 151 Å². The Hall–Kier alpha value is -3.59. The fraction of sp³-hybridized carbons (Fsp3) is 0.150. The van der Waals surface area contributed by atoms with Gasteiger partial charge in [-0.1, -0.05) is 36.4 Å². The number of nitriles is 1. The molecule has 3 N–H and O–H groups in total. The van der Waals surface area contributed by atoms with E-state index in [1.54, 1.807) is 0 Å². The molecule has 4 rings (SSSR count). The molecule has 0 bridgehead atoms. The second-order valence-corrected chi connectivity index (χ2v) is 6.19. The molecule has 0 saturated carbocycles. The van der Waals surface area contributed by atoms with Gasteiger partial charge in [-0.2, -0.15) is 5.26 Å². The number of likely N-dealkylation sites (N-methyl/N-ethyl adjacent to an activating group) is 1. The average molecular weight is 342 g/mol. The van der Waals surface area contributed by atoms with E-state index in [2.05, 4.69) is 32.3 Å². The number of nitrogens with one attached hydrogen (secondary N) is 1. The molecule has 0 radical (unpaired) electrons. The quantitative estimate of drug-likeness (QED) is 0.815. The van der Waals surface area contributed by atoms with E-state index in [9.17, 15) is 5.26 Å². The van der Waals surface area contributed by atoms with Crippen molar-refractivity contribution in [3.8, 4) is 6.07 Å². The molecular formula is C20H18N6. The second kappa shape index (κ2) is 6.37. The van der Waals surface area contributed by atoms with Crippen LogP contribution in [0.5, 0.6) is 0 Å². The van der Waals surface area contributed by atoms with Gasteiger partial charge in [0.2, 0.25) is 0 Å². The highest BCUT2D eigenvalue weighted by Gasteiger charge is 2.32. The molecule has 1 aliphatic heterocycles.